The molecule has 7 nitrogen and oxygen atoms in total. The molecule has 0 aliphatic rings. The number of halogens is 2. The first-order valence-electron chi connectivity index (χ1n) is 8.59. The second-order valence-corrected chi connectivity index (χ2v) is 6.17. The highest BCUT2D eigenvalue weighted by Crippen LogP contribution is 2.27. The van der Waals surface area contributed by atoms with Gasteiger partial charge in [-0.1, -0.05) is 0 Å². The predicted molar refractivity (Wildman–Crippen MR) is 104 cm³/mol. The number of aromatic amines is 1. The molecule has 4 aromatic rings. The number of carbonyl (C=O) groups is 1. The number of ether oxygens (including phenoxy) is 1. The number of fused-ring (bicyclic) bond motifs is 1. The third-order valence-electron chi connectivity index (χ3n) is 3.91. The minimum atomic E-state index is -0.720. The fraction of sp³-hybridized carbons (Fsp3) is 0.0500. The summed E-state index contributed by atoms with van der Waals surface area (Å²) in [6, 6.07) is 11.7. The van der Waals surface area contributed by atoms with Crippen LogP contribution >= 0.6 is 0 Å². The van der Waals surface area contributed by atoms with E-state index < -0.39 is 11.6 Å². The molecule has 2 aromatic heterocycles. The first kappa shape index (κ1) is 18.4. The average Bonchev–Trinajstić information content (AvgIpc) is 3.05. The second-order valence-electron chi connectivity index (χ2n) is 6.17. The molecule has 2 aromatic carbocycles. The van der Waals surface area contributed by atoms with E-state index in [2.05, 4.69) is 25.6 Å². The van der Waals surface area contributed by atoms with Gasteiger partial charge >= 0.3 is 0 Å². The summed E-state index contributed by atoms with van der Waals surface area (Å²) >= 11 is 0. The molecular weight excluding hydrogens is 380 g/mol. The van der Waals surface area contributed by atoms with E-state index in [9.17, 15) is 13.6 Å². The molecule has 146 valence electrons. The van der Waals surface area contributed by atoms with E-state index in [4.69, 9.17) is 4.74 Å². The summed E-state index contributed by atoms with van der Waals surface area (Å²) in [4.78, 5) is 22.5. The number of benzene rings is 2. The maximum Gasteiger partial charge on any atom is 0.222 e. The number of carbonyl (C=O) groups excluding carboxylic acids is 1. The third-order valence-corrected chi connectivity index (χ3v) is 3.91. The van der Waals surface area contributed by atoms with Gasteiger partial charge in [0.2, 0.25) is 11.9 Å². The molecule has 0 fully saturated rings. The summed E-state index contributed by atoms with van der Waals surface area (Å²) in [5.74, 6) is 0.102. The summed E-state index contributed by atoms with van der Waals surface area (Å²) in [7, 11) is 0. The number of nitrogens with zero attached hydrogens (tertiary/aromatic N) is 2. The Morgan fingerprint density at radius 2 is 1.90 bits per heavy atom. The van der Waals surface area contributed by atoms with Crippen molar-refractivity contribution in [1.82, 2.24) is 15.0 Å². The van der Waals surface area contributed by atoms with Crippen LogP contribution in [0.2, 0.25) is 0 Å². The molecule has 4 rings (SSSR count). The number of imidazole rings is 1. The summed E-state index contributed by atoms with van der Waals surface area (Å²) in [6.07, 6.45) is 1.52. The fourth-order valence-corrected chi connectivity index (χ4v) is 2.69. The smallest absolute Gasteiger partial charge is 0.222 e. The van der Waals surface area contributed by atoms with Crippen LogP contribution in [0.4, 0.5) is 26.2 Å². The number of H-pyrrole nitrogens is 1. The van der Waals surface area contributed by atoms with Gasteiger partial charge in [0.1, 0.15) is 29.0 Å². The van der Waals surface area contributed by atoms with E-state index in [0.717, 1.165) is 12.1 Å². The van der Waals surface area contributed by atoms with Gasteiger partial charge in [0.25, 0.3) is 0 Å². The lowest BCUT2D eigenvalue weighted by atomic mass is 10.3. The van der Waals surface area contributed by atoms with Crippen LogP contribution in [-0.4, -0.2) is 20.9 Å². The molecule has 0 radical (unpaired) electrons. The van der Waals surface area contributed by atoms with Gasteiger partial charge in [-0.05, 0) is 30.3 Å². The van der Waals surface area contributed by atoms with Gasteiger partial charge in [0.15, 0.2) is 0 Å². The molecule has 1 amide bonds. The number of aromatic nitrogens is 3. The normalized spacial score (nSPS) is 10.7. The first-order valence-corrected chi connectivity index (χ1v) is 8.59. The van der Waals surface area contributed by atoms with E-state index >= 15 is 0 Å². The van der Waals surface area contributed by atoms with Crippen molar-refractivity contribution < 1.29 is 18.3 Å². The molecule has 2 heterocycles. The summed E-state index contributed by atoms with van der Waals surface area (Å²) in [5.41, 5.74) is 1.39. The van der Waals surface area contributed by atoms with Crippen molar-refractivity contribution in [3.05, 3.63) is 66.4 Å². The number of hydrogen-bond acceptors (Lipinski definition) is 5. The van der Waals surface area contributed by atoms with Crippen LogP contribution in [0, 0.1) is 11.6 Å². The highest BCUT2D eigenvalue weighted by Gasteiger charge is 2.09. The zero-order valence-corrected chi connectivity index (χ0v) is 15.2. The molecule has 0 saturated heterocycles. The third kappa shape index (κ3) is 4.29. The lowest BCUT2D eigenvalue weighted by molar-refractivity contribution is -0.114. The van der Waals surface area contributed by atoms with E-state index in [1.807, 2.05) is 0 Å². The van der Waals surface area contributed by atoms with Crippen molar-refractivity contribution in [2.24, 2.45) is 0 Å². The van der Waals surface area contributed by atoms with Gasteiger partial charge < -0.3 is 20.4 Å². The van der Waals surface area contributed by atoms with Gasteiger partial charge in [-0.15, -0.1) is 0 Å². The van der Waals surface area contributed by atoms with Gasteiger partial charge in [0.05, 0.1) is 16.7 Å². The Bertz CT molecular complexity index is 1210. The number of pyridine rings is 1. The van der Waals surface area contributed by atoms with Crippen LogP contribution in [0.1, 0.15) is 6.92 Å². The molecule has 0 aliphatic heterocycles. The Morgan fingerprint density at radius 1 is 1.07 bits per heavy atom. The van der Waals surface area contributed by atoms with Crippen molar-refractivity contribution in [1.29, 1.82) is 0 Å². The summed E-state index contributed by atoms with van der Waals surface area (Å²) in [6.45, 7) is 1.39. The topological polar surface area (TPSA) is 91.9 Å². The van der Waals surface area contributed by atoms with Gasteiger partial charge in [-0.3, -0.25) is 4.79 Å². The van der Waals surface area contributed by atoms with Gasteiger partial charge in [-0.25, -0.2) is 18.7 Å². The average molecular weight is 395 g/mol. The van der Waals surface area contributed by atoms with Crippen molar-refractivity contribution in [3.8, 4) is 11.5 Å². The standard InChI is InChI=1S/C20H15F2N5O2/c1-11(28)24-19-10-14(6-7-23-19)29-13-3-5-17-18(9-13)27-20(26-17)25-16-4-2-12(21)8-15(16)22/h2-10H,1H3,(H,23,24,28)(H2,25,26,27). The van der Waals surface area contributed by atoms with Crippen LogP contribution in [-0.2, 0) is 4.79 Å². The molecule has 0 saturated carbocycles. The number of rotatable bonds is 5. The summed E-state index contributed by atoms with van der Waals surface area (Å²) in [5, 5.41) is 5.37. The van der Waals surface area contributed by atoms with Crippen LogP contribution in [0.5, 0.6) is 11.5 Å². The van der Waals surface area contributed by atoms with Gasteiger partial charge in [0, 0.05) is 31.3 Å². The van der Waals surface area contributed by atoms with Crippen LogP contribution in [0.15, 0.2) is 54.7 Å². The molecular formula is C20H15F2N5O2. The first-order chi connectivity index (χ1) is 14.0. The number of nitrogens with one attached hydrogen (secondary N) is 3. The molecule has 0 unspecified atom stereocenters. The Labute approximate surface area is 163 Å². The lowest BCUT2D eigenvalue weighted by Gasteiger charge is -2.07. The minimum absolute atomic E-state index is 0.101. The number of amides is 1. The Morgan fingerprint density at radius 3 is 2.69 bits per heavy atom. The van der Waals surface area contributed by atoms with Crippen LogP contribution in [0.25, 0.3) is 11.0 Å². The Hall–Kier alpha value is -4.01. The van der Waals surface area contributed by atoms with Crippen LogP contribution < -0.4 is 15.4 Å². The lowest BCUT2D eigenvalue weighted by Crippen LogP contribution is -2.07. The van der Waals surface area contributed by atoms with E-state index in [1.54, 1.807) is 30.3 Å². The quantitative estimate of drug-likeness (QED) is 0.454. The molecule has 0 bridgehead atoms. The van der Waals surface area contributed by atoms with Crippen molar-refractivity contribution in [2.75, 3.05) is 10.6 Å². The number of hydrogen-bond donors (Lipinski definition) is 3. The van der Waals surface area contributed by atoms with Crippen molar-refractivity contribution in [3.63, 3.8) is 0 Å². The van der Waals surface area contributed by atoms with E-state index in [-0.39, 0.29) is 11.6 Å². The largest absolute Gasteiger partial charge is 0.457 e. The molecule has 0 atom stereocenters. The molecule has 29 heavy (non-hydrogen) atoms. The molecule has 9 heteroatoms. The second kappa shape index (κ2) is 7.55. The van der Waals surface area contributed by atoms with Crippen molar-refractivity contribution >= 4 is 34.4 Å². The summed E-state index contributed by atoms with van der Waals surface area (Å²) < 4.78 is 32.7. The monoisotopic (exact) mass is 395 g/mol. The zero-order valence-electron chi connectivity index (χ0n) is 15.2. The number of anilines is 3. The van der Waals surface area contributed by atoms with Crippen LogP contribution in [0.3, 0.4) is 0 Å². The van der Waals surface area contributed by atoms with E-state index in [0.29, 0.717) is 34.3 Å². The maximum absolute atomic E-state index is 13.8. The Kier molecular flexibility index (Phi) is 4.78. The highest BCUT2D eigenvalue weighted by atomic mass is 19.1. The van der Waals surface area contributed by atoms with Crippen molar-refractivity contribution in [2.45, 2.75) is 6.92 Å². The molecule has 0 spiro atoms. The highest BCUT2D eigenvalue weighted by molar-refractivity contribution is 5.87. The fourth-order valence-electron chi connectivity index (χ4n) is 2.69. The minimum Gasteiger partial charge on any atom is -0.457 e. The Balaban J connectivity index is 1.55. The molecule has 3 N–H and O–H groups in total. The van der Waals surface area contributed by atoms with Gasteiger partial charge in [-0.2, -0.15) is 0 Å². The van der Waals surface area contributed by atoms with E-state index in [1.165, 1.54) is 19.2 Å². The SMILES string of the molecule is CC(=O)Nc1cc(Oc2ccc3nc(Nc4ccc(F)cc4F)[nH]c3c2)ccn1. The predicted octanol–water partition coefficient (Wildman–Crippen LogP) is 4.73. The maximum atomic E-state index is 13.8. The zero-order chi connectivity index (χ0) is 20.4. The molecule has 0 aliphatic carbocycles.